The lowest BCUT2D eigenvalue weighted by Gasteiger charge is -1.74. The molecule has 0 unspecified atom stereocenters. The van der Waals surface area contributed by atoms with Crippen molar-refractivity contribution in [1.82, 2.24) is 0 Å². The molecule has 27 valence electrons. The zero-order valence-electron chi connectivity index (χ0n) is 8.45. The molecule has 0 saturated carbocycles. The molecule has 1 radical (unpaired) electrons. The normalized spacial score (nSPS) is 30.4. The highest BCUT2D eigenvalue weighted by molar-refractivity contribution is 5.02. The van der Waals surface area contributed by atoms with E-state index in [2.05, 4.69) is 0 Å². The summed E-state index contributed by atoms with van der Waals surface area (Å²) in [4.78, 5) is 0. The zero-order chi connectivity index (χ0) is 9.28. The van der Waals surface area contributed by atoms with Crippen molar-refractivity contribution in [3.8, 4) is 6.07 Å². The molecule has 0 aromatic heterocycles. The Balaban J connectivity index is 4.60. The summed E-state index contributed by atoms with van der Waals surface area (Å²) in [5.41, 5.74) is 0. The Hall–Kier alpha value is -0.510. The molecule has 0 bridgehead atoms. The average Bonchev–Trinajstić information content (AvgIpc) is 1.56. The summed E-state index contributed by atoms with van der Waals surface area (Å²) >= 11 is 0. The molecule has 0 aliphatic rings. The molecule has 0 atom stereocenters. The van der Waals surface area contributed by atoms with E-state index < -0.39 is 19.6 Å². The van der Waals surface area contributed by atoms with Gasteiger partial charge in [-0.25, -0.2) is 0 Å². The Labute approximate surface area is 40.7 Å². The first kappa shape index (κ1) is 0.607. The summed E-state index contributed by atoms with van der Waals surface area (Å²) in [7, 11) is 0. The minimum atomic E-state index is -2.81. The van der Waals surface area contributed by atoms with Crippen LogP contribution in [0.5, 0.6) is 0 Å². The number of hydrogen-bond donors (Lipinski definition) is 0. The molecule has 5 heavy (non-hydrogen) atoms. The Kier molecular flexibility index (Phi) is 0.216. The minimum Gasteiger partial charge on any atom is -0.198 e. The predicted octanol–water partition coefficient (Wildman–Crippen LogP) is 1.12. The molecule has 0 amide bonds. The van der Waals surface area contributed by atoms with Crippen LogP contribution in [0.2, 0.25) is 0 Å². The highest BCUT2D eigenvalue weighted by Crippen LogP contribution is 1.85. The fourth-order valence-corrected chi connectivity index (χ4v) is 0. The van der Waals surface area contributed by atoms with Crippen molar-refractivity contribution in [2.45, 2.75) is 13.7 Å². The highest BCUT2D eigenvalue weighted by Gasteiger charge is 1.80. The Morgan fingerprint density at radius 1 is 2.00 bits per heavy atom. The smallest absolute Gasteiger partial charge is 0.0700 e. The molecule has 0 fully saturated rings. The predicted molar refractivity (Wildman–Crippen MR) is 20.2 cm³/mol. The molecule has 0 aromatic rings. The van der Waals surface area contributed by atoms with Crippen molar-refractivity contribution < 1.29 is 8.22 Å². The van der Waals surface area contributed by atoms with Crippen molar-refractivity contribution >= 4 is 0 Å². The lowest BCUT2D eigenvalue weighted by Crippen LogP contribution is -1.68. The largest absolute Gasteiger partial charge is 0.198 e. The van der Waals surface area contributed by atoms with Crippen LogP contribution in [0.25, 0.3) is 0 Å². The summed E-state index contributed by atoms with van der Waals surface area (Å²) < 4.78 is 40.0. The van der Waals surface area contributed by atoms with Crippen LogP contribution < -0.4 is 0 Å². The first-order valence-corrected chi connectivity index (χ1v) is 0.974. The van der Waals surface area contributed by atoms with Gasteiger partial charge in [0.1, 0.15) is 0 Å². The summed E-state index contributed by atoms with van der Waals surface area (Å²) in [5, 5.41) is 8.19. The standard InChI is InChI=1S/C4H6N/c1-4(2)3-5/h1-2H3/i1D3,2D3. The van der Waals surface area contributed by atoms with E-state index >= 15 is 0 Å². The van der Waals surface area contributed by atoms with Crippen molar-refractivity contribution in [3.05, 3.63) is 5.92 Å². The van der Waals surface area contributed by atoms with E-state index in [0.29, 0.717) is 0 Å². The third kappa shape index (κ3) is 3.49. The SMILES string of the molecule is [2H]C([2H])([2H])[C](C#N)C([2H])([2H])[2H]. The fourth-order valence-electron chi connectivity index (χ4n) is 0. The first-order valence-electron chi connectivity index (χ1n) is 3.97. The second kappa shape index (κ2) is 1.78. The maximum absolute atomic E-state index is 8.19. The molecule has 1 nitrogen and oxygen atoms in total. The molecule has 0 N–H and O–H groups in total. The van der Waals surface area contributed by atoms with Gasteiger partial charge in [0.25, 0.3) is 0 Å². The second-order valence-electron chi connectivity index (χ2n) is 0.487. The van der Waals surface area contributed by atoms with Gasteiger partial charge in [-0.3, -0.25) is 0 Å². The minimum absolute atomic E-state index is 1.04. The quantitative estimate of drug-likeness (QED) is 0.422. The molecule has 0 aromatic carbocycles. The van der Waals surface area contributed by atoms with Crippen molar-refractivity contribution in [3.63, 3.8) is 0 Å². The lowest BCUT2D eigenvalue weighted by molar-refractivity contribution is 1.21. The molecule has 0 spiro atoms. The second-order valence-corrected chi connectivity index (χ2v) is 0.487. The maximum Gasteiger partial charge on any atom is 0.0700 e. The van der Waals surface area contributed by atoms with Crippen LogP contribution in [0.4, 0.5) is 0 Å². The number of nitrogens with zero attached hydrogens (tertiary/aromatic N) is 1. The van der Waals surface area contributed by atoms with Crippen LogP contribution in [-0.4, -0.2) is 0 Å². The van der Waals surface area contributed by atoms with E-state index in [4.69, 9.17) is 13.5 Å². The van der Waals surface area contributed by atoms with Crippen molar-refractivity contribution in [2.75, 3.05) is 0 Å². The first-order chi connectivity index (χ1) is 4.69. The van der Waals surface area contributed by atoms with Crippen LogP contribution >= 0.6 is 0 Å². The van der Waals surface area contributed by atoms with Gasteiger partial charge in [-0.15, -0.1) is 0 Å². The topological polar surface area (TPSA) is 23.8 Å². The van der Waals surface area contributed by atoms with E-state index in [0.717, 1.165) is 0 Å². The fraction of sp³-hybridized carbons (Fsp3) is 0.500. The molecular weight excluding hydrogens is 62.1 g/mol. The third-order valence-electron chi connectivity index (χ3n) is 0.112. The van der Waals surface area contributed by atoms with Gasteiger partial charge in [0.05, 0.1) is 12.0 Å². The van der Waals surface area contributed by atoms with Crippen LogP contribution in [0.3, 0.4) is 0 Å². The van der Waals surface area contributed by atoms with Gasteiger partial charge in [-0.05, 0) is 13.7 Å². The summed E-state index contributed by atoms with van der Waals surface area (Å²) in [6.45, 7) is -5.61. The number of rotatable bonds is 0. The van der Waals surface area contributed by atoms with Gasteiger partial charge in [-0.1, -0.05) is 0 Å². The van der Waals surface area contributed by atoms with E-state index in [-0.39, 0.29) is 0 Å². The van der Waals surface area contributed by atoms with E-state index in [1.54, 1.807) is 0 Å². The van der Waals surface area contributed by atoms with Crippen LogP contribution in [0.1, 0.15) is 21.9 Å². The van der Waals surface area contributed by atoms with Crippen LogP contribution in [0.15, 0.2) is 0 Å². The number of nitriles is 1. The van der Waals surface area contributed by atoms with Gasteiger partial charge in [0, 0.05) is 8.22 Å². The average molecular weight is 74.1 g/mol. The van der Waals surface area contributed by atoms with Crippen molar-refractivity contribution in [1.29, 1.82) is 5.26 Å². The van der Waals surface area contributed by atoms with E-state index in [1.165, 1.54) is 6.07 Å². The Morgan fingerprint density at radius 3 is 2.60 bits per heavy atom. The van der Waals surface area contributed by atoms with Crippen LogP contribution in [-0.2, 0) is 0 Å². The maximum atomic E-state index is 8.19. The van der Waals surface area contributed by atoms with Gasteiger partial charge in [0.15, 0.2) is 0 Å². The lowest BCUT2D eigenvalue weighted by atomic mass is 10.3. The zero-order valence-corrected chi connectivity index (χ0v) is 2.45. The van der Waals surface area contributed by atoms with Crippen LogP contribution in [0, 0.1) is 17.2 Å². The Bertz CT molecular complexity index is 156. The number of hydrogen-bond acceptors (Lipinski definition) is 1. The molecule has 1 heteroatoms. The highest BCUT2D eigenvalue weighted by atomic mass is 14.2. The van der Waals surface area contributed by atoms with Gasteiger partial charge < -0.3 is 0 Å². The summed E-state index contributed by atoms with van der Waals surface area (Å²) in [5.74, 6) is -1.04. The molecule has 0 aliphatic carbocycles. The monoisotopic (exact) mass is 74.1 g/mol. The van der Waals surface area contributed by atoms with Crippen molar-refractivity contribution in [2.24, 2.45) is 0 Å². The third-order valence-corrected chi connectivity index (χ3v) is 0.112. The van der Waals surface area contributed by atoms with E-state index in [1.807, 2.05) is 0 Å². The molecule has 0 saturated heterocycles. The van der Waals surface area contributed by atoms with Gasteiger partial charge in [0.2, 0.25) is 0 Å². The van der Waals surface area contributed by atoms with E-state index in [9.17, 15) is 0 Å². The molecule has 0 rings (SSSR count). The summed E-state index contributed by atoms with van der Waals surface area (Å²) in [6, 6.07) is 1.17. The summed E-state index contributed by atoms with van der Waals surface area (Å²) in [6.07, 6.45) is 0. The molecule has 0 aliphatic heterocycles. The molecular formula is C4H6N. The Morgan fingerprint density at radius 2 is 2.60 bits per heavy atom. The van der Waals surface area contributed by atoms with Gasteiger partial charge in [-0.2, -0.15) is 5.26 Å². The van der Waals surface area contributed by atoms with Gasteiger partial charge >= 0.3 is 0 Å². The molecule has 0 heterocycles.